The molecule has 0 saturated carbocycles. The zero-order chi connectivity index (χ0) is 10.2. The van der Waals surface area contributed by atoms with Gasteiger partial charge in [-0.3, -0.25) is 0 Å². The zero-order valence-corrected chi connectivity index (χ0v) is 11.5. The minimum Gasteiger partial charge on any atom is -0.394 e. The van der Waals surface area contributed by atoms with Crippen LogP contribution in [0.3, 0.4) is 0 Å². The molecule has 0 aliphatic rings. The van der Waals surface area contributed by atoms with Crippen LogP contribution in [-0.2, 0) is 17.1 Å². The van der Waals surface area contributed by atoms with Gasteiger partial charge < -0.3 is 17.1 Å². The summed E-state index contributed by atoms with van der Waals surface area (Å²) >= 11 is 0. The molecule has 0 aromatic heterocycles. The Morgan fingerprint density at radius 1 is 0.923 bits per heavy atom. The van der Waals surface area contributed by atoms with E-state index in [-0.39, 0.29) is 0 Å². The van der Waals surface area contributed by atoms with Crippen LogP contribution < -0.4 is 0 Å². The van der Waals surface area contributed by atoms with Crippen LogP contribution in [0.25, 0.3) is 0 Å². The molecule has 0 aromatic rings. The predicted molar refractivity (Wildman–Crippen MR) is 54.4 cm³/mol. The van der Waals surface area contributed by atoms with Gasteiger partial charge in [-0.1, -0.05) is 0 Å². The Bertz CT molecular complexity index is 94.9. The molecular weight excluding hydrogens is 220 g/mol. The second-order valence-electron chi connectivity index (χ2n) is 1.98. The highest BCUT2D eigenvalue weighted by Crippen LogP contribution is 2.10. The van der Waals surface area contributed by atoms with Crippen LogP contribution in [0.4, 0.5) is 0 Å². The molecule has 0 fully saturated rings. The normalized spacial score (nSPS) is 12.0. The van der Waals surface area contributed by atoms with Crippen LogP contribution >= 0.6 is 0 Å². The lowest BCUT2D eigenvalue weighted by Crippen LogP contribution is -2.50. The van der Waals surface area contributed by atoms with E-state index in [1.54, 1.807) is 0 Å². The highest BCUT2D eigenvalue weighted by Gasteiger charge is 2.43. The standard InChI is InChI=1S/C6H16O4Si3/c1-5-7-13(8-6-2,9-11-3)10-12-4/h5-6H2,1-4H3. The molecule has 0 aromatic carbocycles. The van der Waals surface area contributed by atoms with Crippen molar-refractivity contribution in [3.8, 4) is 0 Å². The van der Waals surface area contributed by atoms with Crippen LogP contribution in [-0.4, -0.2) is 41.8 Å². The first kappa shape index (κ1) is 13.5. The van der Waals surface area contributed by atoms with Gasteiger partial charge in [0.2, 0.25) is 19.5 Å². The van der Waals surface area contributed by atoms with Crippen LogP contribution in [0.2, 0.25) is 13.1 Å². The summed E-state index contributed by atoms with van der Waals surface area (Å²) in [4.78, 5) is 0. The SMILES string of the molecule is CCO[Si](OCC)(O[Si]C)O[Si]C. The maximum absolute atomic E-state index is 5.46. The fraction of sp³-hybridized carbons (Fsp3) is 1.00. The molecule has 0 unspecified atom stereocenters. The Labute approximate surface area is 86.3 Å². The molecule has 13 heavy (non-hydrogen) atoms. The van der Waals surface area contributed by atoms with E-state index in [1.807, 2.05) is 26.9 Å². The highest BCUT2D eigenvalue weighted by atomic mass is 28.5. The van der Waals surface area contributed by atoms with Gasteiger partial charge in [0.05, 0.1) is 0 Å². The number of hydrogen-bond acceptors (Lipinski definition) is 4. The van der Waals surface area contributed by atoms with Crippen LogP contribution in [0.15, 0.2) is 0 Å². The van der Waals surface area contributed by atoms with Crippen LogP contribution in [0, 0.1) is 0 Å². The molecule has 0 saturated heterocycles. The van der Waals surface area contributed by atoms with Gasteiger partial charge in [-0.15, -0.1) is 0 Å². The van der Waals surface area contributed by atoms with Gasteiger partial charge in [0, 0.05) is 13.2 Å². The van der Waals surface area contributed by atoms with E-state index in [2.05, 4.69) is 0 Å². The topological polar surface area (TPSA) is 36.9 Å². The van der Waals surface area contributed by atoms with Gasteiger partial charge in [-0.25, -0.2) is 0 Å². The van der Waals surface area contributed by atoms with Gasteiger partial charge in [-0.2, -0.15) is 0 Å². The van der Waals surface area contributed by atoms with Crippen molar-refractivity contribution < 1.29 is 17.1 Å². The molecule has 0 heterocycles. The van der Waals surface area contributed by atoms with Crippen molar-refractivity contribution in [3.05, 3.63) is 0 Å². The minimum absolute atomic E-state index is 0.330. The van der Waals surface area contributed by atoms with E-state index in [0.29, 0.717) is 32.7 Å². The summed E-state index contributed by atoms with van der Waals surface area (Å²) in [5.41, 5.74) is 0. The molecule has 0 N–H and O–H groups in total. The van der Waals surface area contributed by atoms with Crippen molar-refractivity contribution >= 4 is 28.6 Å². The van der Waals surface area contributed by atoms with Gasteiger partial charge in [-0.05, 0) is 26.9 Å². The summed E-state index contributed by atoms with van der Waals surface area (Å²) in [6, 6.07) is 0. The largest absolute Gasteiger partial charge is 0.657 e. The molecule has 76 valence electrons. The van der Waals surface area contributed by atoms with E-state index < -0.39 is 9.05 Å². The summed E-state index contributed by atoms with van der Waals surface area (Å²) in [5, 5.41) is 0. The van der Waals surface area contributed by atoms with Crippen molar-refractivity contribution in [3.63, 3.8) is 0 Å². The van der Waals surface area contributed by atoms with E-state index >= 15 is 0 Å². The van der Waals surface area contributed by atoms with Gasteiger partial charge >= 0.3 is 9.05 Å². The maximum atomic E-state index is 5.46. The lowest BCUT2D eigenvalue weighted by Gasteiger charge is -2.26. The first-order valence-corrected chi connectivity index (χ1v) is 8.67. The maximum Gasteiger partial charge on any atom is 0.657 e. The quantitative estimate of drug-likeness (QED) is 0.586. The summed E-state index contributed by atoms with van der Waals surface area (Å²) < 4.78 is 21.8. The Kier molecular flexibility index (Phi) is 8.15. The zero-order valence-electron chi connectivity index (χ0n) is 8.55. The first-order chi connectivity index (χ1) is 6.24. The van der Waals surface area contributed by atoms with Gasteiger partial charge in [0.15, 0.2) is 0 Å². The number of rotatable bonds is 8. The number of hydrogen-bond donors (Lipinski definition) is 0. The molecule has 7 heteroatoms. The Morgan fingerprint density at radius 2 is 1.31 bits per heavy atom. The van der Waals surface area contributed by atoms with Crippen molar-refractivity contribution in [1.29, 1.82) is 0 Å². The average molecular weight is 236 g/mol. The molecule has 0 bridgehead atoms. The van der Waals surface area contributed by atoms with Gasteiger partial charge in [0.1, 0.15) is 0 Å². The van der Waals surface area contributed by atoms with E-state index in [9.17, 15) is 0 Å². The second kappa shape index (κ2) is 7.85. The van der Waals surface area contributed by atoms with Crippen molar-refractivity contribution in [2.24, 2.45) is 0 Å². The Morgan fingerprint density at radius 3 is 1.54 bits per heavy atom. The van der Waals surface area contributed by atoms with E-state index in [1.165, 1.54) is 0 Å². The molecule has 0 amide bonds. The fourth-order valence-electron chi connectivity index (χ4n) is 0.784. The minimum atomic E-state index is -2.77. The molecule has 0 aliphatic heterocycles. The van der Waals surface area contributed by atoms with E-state index in [4.69, 9.17) is 17.1 Å². The summed E-state index contributed by atoms with van der Waals surface area (Å²) in [6.07, 6.45) is 0. The van der Waals surface area contributed by atoms with Crippen LogP contribution in [0.1, 0.15) is 13.8 Å². The summed E-state index contributed by atoms with van der Waals surface area (Å²) in [6.45, 7) is 8.79. The van der Waals surface area contributed by atoms with Crippen molar-refractivity contribution in [1.82, 2.24) is 0 Å². The van der Waals surface area contributed by atoms with Gasteiger partial charge in [0.25, 0.3) is 0 Å². The van der Waals surface area contributed by atoms with Crippen molar-refractivity contribution in [2.75, 3.05) is 13.2 Å². The summed E-state index contributed by atoms with van der Waals surface area (Å²) in [5.74, 6) is 0. The molecule has 0 spiro atoms. The first-order valence-electron chi connectivity index (χ1n) is 4.22. The monoisotopic (exact) mass is 236 g/mol. The second-order valence-corrected chi connectivity index (χ2v) is 6.01. The molecular formula is C6H16O4Si3. The Balaban J connectivity index is 4.19. The lowest BCUT2D eigenvalue weighted by molar-refractivity contribution is 0.0525. The van der Waals surface area contributed by atoms with E-state index in [0.717, 1.165) is 0 Å². The van der Waals surface area contributed by atoms with Crippen LogP contribution in [0.5, 0.6) is 0 Å². The lowest BCUT2D eigenvalue weighted by atomic mass is 10.9. The predicted octanol–water partition coefficient (Wildman–Crippen LogP) is 0.863. The Hall–Kier alpha value is 0.491. The molecule has 0 aliphatic carbocycles. The molecule has 4 radical (unpaired) electrons. The third-order valence-corrected chi connectivity index (χ3v) is 6.01. The molecule has 4 nitrogen and oxygen atoms in total. The average Bonchev–Trinajstić information content (AvgIpc) is 2.06. The molecule has 0 atom stereocenters. The van der Waals surface area contributed by atoms with Crippen molar-refractivity contribution in [2.45, 2.75) is 26.9 Å². The third kappa shape index (κ3) is 5.05. The summed E-state index contributed by atoms with van der Waals surface area (Å²) in [7, 11) is -2.11. The molecule has 0 rings (SSSR count). The smallest absolute Gasteiger partial charge is 0.394 e. The third-order valence-electron chi connectivity index (χ3n) is 1.10. The fourth-order valence-corrected chi connectivity index (χ4v) is 5.06. The highest BCUT2D eigenvalue weighted by molar-refractivity contribution is 6.64.